The van der Waals surface area contributed by atoms with Gasteiger partial charge in [0.2, 0.25) is 0 Å². The summed E-state index contributed by atoms with van der Waals surface area (Å²) >= 11 is 13.0. The summed E-state index contributed by atoms with van der Waals surface area (Å²) in [5, 5.41) is 0. The van der Waals surface area contributed by atoms with Crippen LogP contribution >= 0.6 is 34.5 Å². The Bertz CT molecular complexity index is 571. The molecule has 18 heavy (non-hydrogen) atoms. The summed E-state index contributed by atoms with van der Waals surface area (Å²) in [4.78, 5) is 0. The Morgan fingerprint density at radius 2 is 1.89 bits per heavy atom. The Labute approximate surface area is 117 Å². The second kappa shape index (κ2) is 5.53. The second-order valence-corrected chi connectivity index (χ2v) is 6.12. The minimum absolute atomic E-state index is 0.365. The first kappa shape index (κ1) is 13.7. The molecule has 1 aromatic carbocycles. The van der Waals surface area contributed by atoms with Gasteiger partial charge in [0, 0.05) is 11.6 Å². The molecule has 0 aliphatic carbocycles. The van der Waals surface area contributed by atoms with E-state index in [1.165, 1.54) is 17.4 Å². The zero-order valence-corrected chi connectivity index (χ0v) is 11.4. The fraction of sp³-hybridized carbons (Fsp3) is 0.167. The Hall–Kier alpha value is -0.680. The highest BCUT2D eigenvalue weighted by Gasteiger charge is 2.15. The van der Waals surface area contributed by atoms with Gasteiger partial charge in [0.25, 0.3) is 0 Å². The van der Waals surface area contributed by atoms with Crippen molar-refractivity contribution in [2.45, 2.75) is 12.5 Å². The Kier molecular flexibility index (Phi) is 4.22. The molecular weight excluding hydrogens is 299 g/mol. The summed E-state index contributed by atoms with van der Waals surface area (Å²) in [5.74, 6) is -1.75. The van der Waals surface area contributed by atoms with Crippen molar-refractivity contribution in [3.8, 4) is 0 Å². The van der Waals surface area contributed by atoms with Crippen LogP contribution in [0.15, 0.2) is 24.3 Å². The van der Waals surface area contributed by atoms with Crippen molar-refractivity contribution in [3.63, 3.8) is 0 Å². The van der Waals surface area contributed by atoms with Gasteiger partial charge in [0.05, 0.1) is 8.67 Å². The molecule has 0 saturated heterocycles. The average molecular weight is 308 g/mol. The van der Waals surface area contributed by atoms with Crippen LogP contribution < -0.4 is 5.73 Å². The molecule has 0 aliphatic rings. The van der Waals surface area contributed by atoms with Gasteiger partial charge in [0.15, 0.2) is 11.6 Å². The zero-order valence-electron chi connectivity index (χ0n) is 9.09. The van der Waals surface area contributed by atoms with Gasteiger partial charge in [-0.3, -0.25) is 0 Å². The molecule has 1 unspecified atom stereocenters. The molecule has 0 fully saturated rings. The van der Waals surface area contributed by atoms with E-state index in [-0.39, 0.29) is 0 Å². The third-order valence-corrected chi connectivity index (χ3v) is 4.04. The SMILES string of the molecule is NC(Cc1ccc(F)c(F)c1)c1cc(Cl)sc1Cl. The lowest BCUT2D eigenvalue weighted by molar-refractivity contribution is 0.506. The molecule has 6 heteroatoms. The fourth-order valence-electron chi connectivity index (χ4n) is 1.64. The van der Waals surface area contributed by atoms with Gasteiger partial charge >= 0.3 is 0 Å². The summed E-state index contributed by atoms with van der Waals surface area (Å²) in [7, 11) is 0. The molecule has 1 atom stereocenters. The summed E-state index contributed by atoms with van der Waals surface area (Å²) in [6, 6.07) is 5.02. The van der Waals surface area contributed by atoms with Crippen LogP contribution in [-0.4, -0.2) is 0 Å². The summed E-state index contributed by atoms with van der Waals surface area (Å²) in [6.45, 7) is 0. The minimum Gasteiger partial charge on any atom is -0.324 e. The third kappa shape index (κ3) is 3.01. The molecule has 2 N–H and O–H groups in total. The standard InChI is InChI=1S/C12H9Cl2F2NS/c13-11-5-7(12(14)18-11)10(17)4-6-1-2-8(15)9(16)3-6/h1-3,5,10H,4,17H2. The molecule has 0 spiro atoms. The van der Waals surface area contributed by atoms with Crippen molar-refractivity contribution >= 4 is 34.5 Å². The highest BCUT2D eigenvalue weighted by Crippen LogP contribution is 2.35. The van der Waals surface area contributed by atoms with Gasteiger partial charge < -0.3 is 5.73 Å². The van der Waals surface area contributed by atoms with Crippen LogP contribution in [0.25, 0.3) is 0 Å². The molecule has 0 saturated carbocycles. The largest absolute Gasteiger partial charge is 0.324 e. The van der Waals surface area contributed by atoms with Crippen molar-refractivity contribution in [2.24, 2.45) is 5.73 Å². The van der Waals surface area contributed by atoms with Crippen LogP contribution in [0.5, 0.6) is 0 Å². The molecule has 0 amide bonds. The van der Waals surface area contributed by atoms with E-state index in [1.807, 2.05) is 0 Å². The number of rotatable bonds is 3. The summed E-state index contributed by atoms with van der Waals surface area (Å²) in [6.07, 6.45) is 0.365. The molecule has 1 heterocycles. The van der Waals surface area contributed by atoms with E-state index in [0.29, 0.717) is 20.7 Å². The van der Waals surface area contributed by atoms with Gasteiger partial charge in [-0.2, -0.15) is 0 Å². The molecule has 1 aromatic heterocycles. The van der Waals surface area contributed by atoms with E-state index >= 15 is 0 Å². The molecule has 0 radical (unpaired) electrons. The molecule has 2 aromatic rings. The Morgan fingerprint density at radius 1 is 1.17 bits per heavy atom. The van der Waals surface area contributed by atoms with Crippen molar-refractivity contribution in [1.82, 2.24) is 0 Å². The quantitative estimate of drug-likeness (QED) is 0.882. The number of hydrogen-bond donors (Lipinski definition) is 1. The predicted molar refractivity (Wildman–Crippen MR) is 71.3 cm³/mol. The van der Waals surface area contributed by atoms with E-state index in [9.17, 15) is 8.78 Å². The van der Waals surface area contributed by atoms with Crippen LogP contribution in [0.2, 0.25) is 8.67 Å². The van der Waals surface area contributed by atoms with E-state index < -0.39 is 17.7 Å². The minimum atomic E-state index is -0.880. The number of benzene rings is 1. The number of halogens is 4. The zero-order chi connectivity index (χ0) is 13.3. The lowest BCUT2D eigenvalue weighted by Crippen LogP contribution is -2.13. The average Bonchev–Trinajstić information content (AvgIpc) is 2.63. The van der Waals surface area contributed by atoms with E-state index in [0.717, 1.165) is 17.7 Å². The van der Waals surface area contributed by atoms with E-state index in [1.54, 1.807) is 6.07 Å². The van der Waals surface area contributed by atoms with Gasteiger partial charge in [0.1, 0.15) is 0 Å². The Morgan fingerprint density at radius 3 is 2.44 bits per heavy atom. The van der Waals surface area contributed by atoms with Crippen molar-refractivity contribution in [1.29, 1.82) is 0 Å². The smallest absolute Gasteiger partial charge is 0.159 e. The van der Waals surface area contributed by atoms with Crippen LogP contribution in [-0.2, 0) is 6.42 Å². The monoisotopic (exact) mass is 307 g/mol. The van der Waals surface area contributed by atoms with Crippen LogP contribution in [0, 0.1) is 11.6 Å². The number of nitrogens with two attached hydrogens (primary N) is 1. The van der Waals surface area contributed by atoms with Crippen LogP contribution in [0.3, 0.4) is 0 Å². The fourth-order valence-corrected chi connectivity index (χ4v) is 3.23. The maximum absolute atomic E-state index is 13.1. The van der Waals surface area contributed by atoms with Gasteiger partial charge in [-0.05, 0) is 30.2 Å². The summed E-state index contributed by atoms with van der Waals surface area (Å²) < 4.78 is 26.9. The van der Waals surface area contributed by atoms with Gasteiger partial charge in [-0.1, -0.05) is 29.3 Å². The first-order valence-corrected chi connectivity index (χ1v) is 6.69. The number of thiophene rings is 1. The van der Waals surface area contributed by atoms with Crippen molar-refractivity contribution in [2.75, 3.05) is 0 Å². The maximum atomic E-state index is 13.1. The lowest BCUT2D eigenvalue weighted by Gasteiger charge is -2.11. The predicted octanol–water partition coefficient (Wildman–Crippen LogP) is 4.58. The maximum Gasteiger partial charge on any atom is 0.159 e. The van der Waals surface area contributed by atoms with Crippen molar-refractivity contribution in [3.05, 3.63) is 55.7 Å². The van der Waals surface area contributed by atoms with Crippen LogP contribution in [0.1, 0.15) is 17.2 Å². The lowest BCUT2D eigenvalue weighted by atomic mass is 10.0. The van der Waals surface area contributed by atoms with Gasteiger partial charge in [-0.15, -0.1) is 11.3 Å². The van der Waals surface area contributed by atoms with Crippen LogP contribution in [0.4, 0.5) is 8.78 Å². The molecule has 0 aliphatic heterocycles. The molecule has 1 nitrogen and oxygen atoms in total. The normalized spacial score (nSPS) is 12.7. The first-order valence-electron chi connectivity index (χ1n) is 5.11. The third-order valence-electron chi connectivity index (χ3n) is 2.52. The molecule has 0 bridgehead atoms. The Balaban J connectivity index is 2.18. The molecule has 2 rings (SSSR count). The highest BCUT2D eigenvalue weighted by molar-refractivity contribution is 7.20. The first-order chi connectivity index (χ1) is 8.47. The van der Waals surface area contributed by atoms with Crippen molar-refractivity contribution < 1.29 is 8.78 Å². The topological polar surface area (TPSA) is 26.0 Å². The number of hydrogen-bond acceptors (Lipinski definition) is 2. The van der Waals surface area contributed by atoms with E-state index in [4.69, 9.17) is 28.9 Å². The van der Waals surface area contributed by atoms with E-state index in [2.05, 4.69) is 0 Å². The molecular formula is C12H9Cl2F2NS. The second-order valence-electron chi connectivity index (χ2n) is 3.84. The molecule has 96 valence electrons. The van der Waals surface area contributed by atoms with Gasteiger partial charge in [-0.25, -0.2) is 8.78 Å². The summed E-state index contributed by atoms with van der Waals surface area (Å²) in [5.41, 5.74) is 7.31. The highest BCUT2D eigenvalue weighted by atomic mass is 35.5.